The average molecular weight is 256 g/mol. The van der Waals surface area contributed by atoms with Crippen LogP contribution in [0.4, 0.5) is 0 Å². The molecule has 0 saturated carbocycles. The van der Waals surface area contributed by atoms with E-state index in [2.05, 4.69) is 10.5 Å². The second kappa shape index (κ2) is 5.52. The fourth-order valence-corrected chi connectivity index (χ4v) is 1.80. The highest BCUT2D eigenvalue weighted by Gasteiger charge is 2.12. The van der Waals surface area contributed by atoms with Crippen LogP contribution in [0, 0.1) is 13.8 Å². The number of carbonyl (C=O) groups excluding carboxylic acids is 1. The second-order valence-electron chi connectivity index (χ2n) is 4.33. The zero-order valence-electron chi connectivity index (χ0n) is 11.2. The van der Waals surface area contributed by atoms with Crippen LogP contribution in [0.1, 0.15) is 34.4 Å². The van der Waals surface area contributed by atoms with E-state index >= 15 is 0 Å². The molecule has 2 rings (SSSR count). The van der Waals surface area contributed by atoms with Crippen LogP contribution in [-0.2, 0) is 0 Å². The maximum absolute atomic E-state index is 11.9. The van der Waals surface area contributed by atoms with Gasteiger partial charge in [-0.25, -0.2) is 5.43 Å². The van der Waals surface area contributed by atoms with Crippen LogP contribution in [-0.4, -0.2) is 11.6 Å². The Balaban J connectivity index is 2.10. The van der Waals surface area contributed by atoms with E-state index in [-0.39, 0.29) is 5.91 Å². The van der Waals surface area contributed by atoms with Crippen LogP contribution < -0.4 is 5.43 Å². The molecule has 1 aromatic carbocycles. The summed E-state index contributed by atoms with van der Waals surface area (Å²) in [6.45, 7) is 5.42. The molecular formula is C15H16N2O2. The molecule has 0 aliphatic carbocycles. The van der Waals surface area contributed by atoms with Crippen molar-refractivity contribution < 1.29 is 9.21 Å². The lowest BCUT2D eigenvalue weighted by Crippen LogP contribution is -2.19. The van der Waals surface area contributed by atoms with Crippen LogP contribution >= 0.6 is 0 Å². The first-order chi connectivity index (χ1) is 9.08. The van der Waals surface area contributed by atoms with Gasteiger partial charge in [-0.2, -0.15) is 5.10 Å². The van der Waals surface area contributed by atoms with Crippen molar-refractivity contribution in [2.24, 2.45) is 5.10 Å². The van der Waals surface area contributed by atoms with Crippen LogP contribution in [0.25, 0.3) is 0 Å². The third-order valence-electron chi connectivity index (χ3n) is 2.80. The number of nitrogens with one attached hydrogen (secondary N) is 1. The molecule has 4 nitrogen and oxygen atoms in total. The summed E-state index contributed by atoms with van der Waals surface area (Å²) >= 11 is 0. The van der Waals surface area contributed by atoms with Crippen molar-refractivity contribution in [3.8, 4) is 0 Å². The van der Waals surface area contributed by atoms with Crippen molar-refractivity contribution in [1.82, 2.24) is 5.43 Å². The first-order valence-electron chi connectivity index (χ1n) is 6.05. The lowest BCUT2D eigenvalue weighted by molar-refractivity contribution is 0.0953. The summed E-state index contributed by atoms with van der Waals surface area (Å²) in [5.41, 5.74) is 4.79. The molecule has 0 aliphatic heterocycles. The molecule has 4 heteroatoms. The van der Waals surface area contributed by atoms with E-state index < -0.39 is 0 Å². The SMILES string of the molecule is CC(=NNC(=O)c1cc(C)oc1C)c1ccccc1. The Hall–Kier alpha value is -2.36. The van der Waals surface area contributed by atoms with Crippen molar-refractivity contribution in [2.45, 2.75) is 20.8 Å². The molecule has 0 spiro atoms. The zero-order chi connectivity index (χ0) is 13.8. The number of benzene rings is 1. The molecule has 1 amide bonds. The number of hydrazone groups is 1. The Labute approximate surface area is 112 Å². The van der Waals surface area contributed by atoms with Gasteiger partial charge in [-0.15, -0.1) is 0 Å². The van der Waals surface area contributed by atoms with E-state index in [9.17, 15) is 4.79 Å². The van der Waals surface area contributed by atoms with Crippen LogP contribution in [0.2, 0.25) is 0 Å². The molecule has 1 heterocycles. The number of hydrogen-bond acceptors (Lipinski definition) is 3. The lowest BCUT2D eigenvalue weighted by Gasteiger charge is -2.01. The van der Waals surface area contributed by atoms with E-state index in [4.69, 9.17) is 4.42 Å². The van der Waals surface area contributed by atoms with Crippen LogP contribution in [0.3, 0.4) is 0 Å². The Morgan fingerprint density at radius 3 is 2.47 bits per heavy atom. The van der Waals surface area contributed by atoms with Crippen molar-refractivity contribution in [3.63, 3.8) is 0 Å². The first-order valence-corrected chi connectivity index (χ1v) is 6.05. The van der Waals surface area contributed by atoms with Gasteiger partial charge in [-0.3, -0.25) is 4.79 Å². The van der Waals surface area contributed by atoms with Crippen molar-refractivity contribution in [1.29, 1.82) is 0 Å². The van der Waals surface area contributed by atoms with E-state index in [1.807, 2.05) is 44.2 Å². The van der Waals surface area contributed by atoms with Gasteiger partial charge in [-0.05, 0) is 32.4 Å². The largest absolute Gasteiger partial charge is 0.466 e. The summed E-state index contributed by atoms with van der Waals surface area (Å²) in [7, 11) is 0. The number of furan rings is 1. The molecule has 0 fully saturated rings. The normalized spacial score (nSPS) is 11.4. The molecule has 0 aliphatic rings. The molecule has 2 aromatic rings. The Kier molecular flexibility index (Phi) is 3.80. The predicted octanol–water partition coefficient (Wildman–Crippen LogP) is 3.05. The molecule has 0 bridgehead atoms. The Bertz CT molecular complexity index is 612. The van der Waals surface area contributed by atoms with Gasteiger partial charge >= 0.3 is 0 Å². The topological polar surface area (TPSA) is 54.6 Å². The molecule has 1 N–H and O–H groups in total. The fraction of sp³-hybridized carbons (Fsp3) is 0.200. The number of amides is 1. The molecule has 0 atom stereocenters. The van der Waals surface area contributed by atoms with Gasteiger partial charge in [0.15, 0.2) is 0 Å². The summed E-state index contributed by atoms with van der Waals surface area (Å²) < 4.78 is 5.32. The smallest absolute Gasteiger partial charge is 0.274 e. The molecule has 19 heavy (non-hydrogen) atoms. The molecule has 0 radical (unpaired) electrons. The van der Waals surface area contributed by atoms with Gasteiger partial charge in [0.2, 0.25) is 0 Å². The Morgan fingerprint density at radius 2 is 1.89 bits per heavy atom. The highest BCUT2D eigenvalue weighted by atomic mass is 16.3. The highest BCUT2D eigenvalue weighted by Crippen LogP contribution is 2.13. The highest BCUT2D eigenvalue weighted by molar-refractivity contribution is 6.01. The van der Waals surface area contributed by atoms with Crippen molar-refractivity contribution >= 4 is 11.6 Å². The molecule has 1 aromatic heterocycles. The number of hydrogen-bond donors (Lipinski definition) is 1. The zero-order valence-corrected chi connectivity index (χ0v) is 11.2. The lowest BCUT2D eigenvalue weighted by atomic mass is 10.1. The summed E-state index contributed by atoms with van der Waals surface area (Å²) in [5.74, 6) is 1.05. The Morgan fingerprint density at radius 1 is 1.21 bits per heavy atom. The van der Waals surface area contributed by atoms with Gasteiger partial charge < -0.3 is 4.42 Å². The van der Waals surface area contributed by atoms with Crippen molar-refractivity contribution in [2.75, 3.05) is 0 Å². The van der Waals surface area contributed by atoms with E-state index in [0.29, 0.717) is 17.1 Å². The third kappa shape index (κ3) is 3.10. The molecule has 0 unspecified atom stereocenters. The molecule has 0 saturated heterocycles. The van der Waals surface area contributed by atoms with Gasteiger partial charge in [0, 0.05) is 0 Å². The molecular weight excluding hydrogens is 240 g/mol. The van der Waals surface area contributed by atoms with Crippen LogP contribution in [0.5, 0.6) is 0 Å². The number of aryl methyl sites for hydroxylation is 2. The summed E-state index contributed by atoms with van der Waals surface area (Å²) in [6, 6.07) is 11.4. The maximum atomic E-state index is 11.9. The van der Waals surface area contributed by atoms with Crippen LogP contribution in [0.15, 0.2) is 45.9 Å². The summed E-state index contributed by atoms with van der Waals surface area (Å²) in [6.07, 6.45) is 0. The predicted molar refractivity (Wildman–Crippen MR) is 74.3 cm³/mol. The third-order valence-corrected chi connectivity index (χ3v) is 2.80. The van der Waals surface area contributed by atoms with Crippen molar-refractivity contribution in [3.05, 3.63) is 59.0 Å². The summed E-state index contributed by atoms with van der Waals surface area (Å²) in [4.78, 5) is 11.9. The second-order valence-corrected chi connectivity index (χ2v) is 4.33. The number of nitrogens with zero attached hydrogens (tertiary/aromatic N) is 1. The van der Waals surface area contributed by atoms with E-state index in [1.54, 1.807) is 13.0 Å². The number of carbonyl (C=O) groups is 1. The summed E-state index contributed by atoms with van der Waals surface area (Å²) in [5, 5.41) is 4.10. The minimum absolute atomic E-state index is 0.260. The monoisotopic (exact) mass is 256 g/mol. The fourth-order valence-electron chi connectivity index (χ4n) is 1.80. The standard InChI is InChI=1S/C15H16N2O2/c1-10-9-14(12(3)19-10)15(18)17-16-11(2)13-7-5-4-6-8-13/h4-9H,1-3H3,(H,17,18). The van der Waals surface area contributed by atoms with E-state index in [1.165, 1.54) is 0 Å². The maximum Gasteiger partial charge on any atom is 0.274 e. The van der Waals surface area contributed by atoms with Gasteiger partial charge in [-0.1, -0.05) is 30.3 Å². The average Bonchev–Trinajstić information content (AvgIpc) is 2.75. The first kappa shape index (κ1) is 13.1. The van der Waals surface area contributed by atoms with Gasteiger partial charge in [0.1, 0.15) is 11.5 Å². The van der Waals surface area contributed by atoms with Gasteiger partial charge in [0.05, 0.1) is 11.3 Å². The van der Waals surface area contributed by atoms with Gasteiger partial charge in [0.25, 0.3) is 5.91 Å². The quantitative estimate of drug-likeness (QED) is 0.677. The minimum atomic E-state index is -0.260. The van der Waals surface area contributed by atoms with E-state index in [0.717, 1.165) is 11.3 Å². The number of rotatable bonds is 3. The minimum Gasteiger partial charge on any atom is -0.466 e. The molecule has 98 valence electrons.